The number of anilines is 1. The van der Waals surface area contributed by atoms with Gasteiger partial charge in [-0.25, -0.2) is 0 Å². The lowest BCUT2D eigenvalue weighted by molar-refractivity contribution is -0.120. The Labute approximate surface area is 122 Å². The van der Waals surface area contributed by atoms with E-state index >= 15 is 0 Å². The highest BCUT2D eigenvalue weighted by atomic mass is 16.1. The number of aromatic nitrogens is 4. The van der Waals surface area contributed by atoms with Crippen molar-refractivity contribution in [3.63, 3.8) is 0 Å². The summed E-state index contributed by atoms with van der Waals surface area (Å²) in [7, 11) is 0. The number of rotatable bonds is 3. The second kappa shape index (κ2) is 5.61. The van der Waals surface area contributed by atoms with Crippen molar-refractivity contribution in [1.82, 2.24) is 25.5 Å². The van der Waals surface area contributed by atoms with E-state index in [1.807, 2.05) is 31.2 Å². The minimum absolute atomic E-state index is 0.0171. The zero-order valence-corrected chi connectivity index (χ0v) is 12.1. The van der Waals surface area contributed by atoms with E-state index in [4.69, 9.17) is 0 Å². The van der Waals surface area contributed by atoms with E-state index in [-0.39, 0.29) is 11.8 Å². The van der Waals surface area contributed by atoms with E-state index in [1.54, 1.807) is 4.68 Å². The molecular formula is C14H18N6O. The Balaban J connectivity index is 1.77. The number of benzene rings is 1. The highest BCUT2D eigenvalue weighted by Crippen LogP contribution is 2.20. The fourth-order valence-electron chi connectivity index (χ4n) is 2.58. The van der Waals surface area contributed by atoms with Gasteiger partial charge in [0.25, 0.3) is 0 Å². The molecule has 110 valence electrons. The van der Waals surface area contributed by atoms with Crippen LogP contribution < -0.4 is 10.6 Å². The molecule has 1 aliphatic heterocycles. The summed E-state index contributed by atoms with van der Waals surface area (Å²) in [4.78, 5) is 12.3. The van der Waals surface area contributed by atoms with Crippen molar-refractivity contribution in [2.24, 2.45) is 11.8 Å². The first-order valence-electron chi connectivity index (χ1n) is 7.02. The predicted molar refractivity (Wildman–Crippen MR) is 78.0 cm³/mol. The number of carbonyl (C=O) groups is 1. The molecule has 0 bridgehead atoms. The van der Waals surface area contributed by atoms with Crippen LogP contribution in [0.1, 0.15) is 12.7 Å². The molecule has 1 aliphatic rings. The fourth-order valence-corrected chi connectivity index (χ4v) is 2.58. The van der Waals surface area contributed by atoms with Gasteiger partial charge in [0.1, 0.15) is 0 Å². The molecule has 2 heterocycles. The van der Waals surface area contributed by atoms with Gasteiger partial charge in [0, 0.05) is 12.2 Å². The molecule has 0 saturated carbocycles. The Morgan fingerprint density at radius 2 is 2.29 bits per heavy atom. The number of amides is 1. The van der Waals surface area contributed by atoms with Crippen molar-refractivity contribution in [3.05, 3.63) is 30.1 Å². The lowest BCUT2D eigenvalue weighted by atomic mass is 9.97. The Morgan fingerprint density at radius 3 is 2.95 bits per heavy atom. The monoisotopic (exact) mass is 286 g/mol. The Kier molecular flexibility index (Phi) is 3.66. The molecule has 7 heteroatoms. The van der Waals surface area contributed by atoms with Crippen molar-refractivity contribution in [2.45, 2.75) is 13.8 Å². The molecule has 1 aromatic heterocycles. The minimum atomic E-state index is 0.0171. The molecule has 0 spiro atoms. The maximum absolute atomic E-state index is 12.3. The van der Waals surface area contributed by atoms with Crippen LogP contribution in [-0.4, -0.2) is 39.2 Å². The normalized spacial score (nSPS) is 21.4. The Morgan fingerprint density at radius 1 is 1.43 bits per heavy atom. The van der Waals surface area contributed by atoms with Gasteiger partial charge in [-0.15, -0.1) is 5.10 Å². The van der Waals surface area contributed by atoms with Gasteiger partial charge in [0.05, 0.1) is 11.6 Å². The van der Waals surface area contributed by atoms with Gasteiger partial charge in [0.15, 0.2) is 5.82 Å². The minimum Gasteiger partial charge on any atom is -0.326 e. The predicted octanol–water partition coefficient (Wildman–Crippen LogP) is 0.765. The Hall–Kier alpha value is -2.28. The summed E-state index contributed by atoms with van der Waals surface area (Å²) in [6.45, 7) is 5.54. The highest BCUT2D eigenvalue weighted by Gasteiger charge is 2.29. The molecule has 0 radical (unpaired) electrons. The number of nitrogens with one attached hydrogen (secondary N) is 2. The second-order valence-electron chi connectivity index (χ2n) is 5.42. The van der Waals surface area contributed by atoms with E-state index in [0.29, 0.717) is 11.7 Å². The van der Waals surface area contributed by atoms with Gasteiger partial charge in [-0.2, -0.15) is 4.68 Å². The smallest absolute Gasteiger partial charge is 0.229 e. The molecule has 1 fully saturated rings. The van der Waals surface area contributed by atoms with Crippen LogP contribution in [0.4, 0.5) is 5.69 Å². The summed E-state index contributed by atoms with van der Waals surface area (Å²) >= 11 is 0. The van der Waals surface area contributed by atoms with Crippen molar-refractivity contribution in [2.75, 3.05) is 18.4 Å². The van der Waals surface area contributed by atoms with Gasteiger partial charge < -0.3 is 10.6 Å². The maximum atomic E-state index is 12.3. The van der Waals surface area contributed by atoms with Gasteiger partial charge in [-0.1, -0.05) is 13.0 Å². The average molecular weight is 286 g/mol. The highest BCUT2D eigenvalue weighted by molar-refractivity contribution is 5.93. The van der Waals surface area contributed by atoms with E-state index in [0.717, 1.165) is 24.5 Å². The van der Waals surface area contributed by atoms with E-state index in [9.17, 15) is 4.79 Å². The number of hydrogen-bond donors (Lipinski definition) is 2. The molecule has 0 unspecified atom stereocenters. The molecule has 3 rings (SSSR count). The molecule has 0 aliphatic carbocycles. The number of hydrogen-bond acceptors (Lipinski definition) is 5. The average Bonchev–Trinajstić information content (AvgIpc) is 3.07. The van der Waals surface area contributed by atoms with Crippen LogP contribution in [0, 0.1) is 18.8 Å². The van der Waals surface area contributed by atoms with Gasteiger partial charge in [0.2, 0.25) is 5.91 Å². The zero-order valence-electron chi connectivity index (χ0n) is 12.1. The maximum Gasteiger partial charge on any atom is 0.229 e. The second-order valence-corrected chi connectivity index (χ2v) is 5.42. The summed E-state index contributed by atoms with van der Waals surface area (Å²) in [5, 5.41) is 17.6. The van der Waals surface area contributed by atoms with Crippen LogP contribution in [0.3, 0.4) is 0 Å². The zero-order chi connectivity index (χ0) is 14.8. The van der Waals surface area contributed by atoms with E-state index in [2.05, 4.69) is 33.1 Å². The summed E-state index contributed by atoms with van der Waals surface area (Å²) < 4.78 is 1.63. The van der Waals surface area contributed by atoms with Crippen LogP contribution >= 0.6 is 0 Å². The molecule has 2 atom stereocenters. The summed E-state index contributed by atoms with van der Waals surface area (Å²) in [5.74, 6) is 1.13. The molecule has 21 heavy (non-hydrogen) atoms. The first kappa shape index (κ1) is 13.7. The molecule has 1 amide bonds. The molecular weight excluding hydrogens is 268 g/mol. The fraction of sp³-hybridized carbons (Fsp3) is 0.429. The van der Waals surface area contributed by atoms with Gasteiger partial charge >= 0.3 is 0 Å². The lowest BCUT2D eigenvalue weighted by Gasteiger charge is -2.14. The van der Waals surface area contributed by atoms with E-state index < -0.39 is 0 Å². The largest absolute Gasteiger partial charge is 0.326 e. The third-order valence-electron chi connectivity index (χ3n) is 3.84. The van der Waals surface area contributed by atoms with Crippen LogP contribution in [0.25, 0.3) is 5.69 Å². The van der Waals surface area contributed by atoms with Gasteiger partial charge in [-0.3, -0.25) is 4.79 Å². The number of nitrogens with zero attached hydrogens (tertiary/aromatic N) is 4. The van der Waals surface area contributed by atoms with Crippen LogP contribution in [-0.2, 0) is 4.79 Å². The third-order valence-corrected chi connectivity index (χ3v) is 3.84. The van der Waals surface area contributed by atoms with Crippen molar-refractivity contribution in [1.29, 1.82) is 0 Å². The number of carbonyl (C=O) groups excluding carboxylic acids is 1. The lowest BCUT2D eigenvalue weighted by Crippen LogP contribution is -2.27. The number of aryl methyl sites for hydroxylation is 1. The van der Waals surface area contributed by atoms with Crippen molar-refractivity contribution >= 4 is 11.6 Å². The topological polar surface area (TPSA) is 84.7 Å². The first-order chi connectivity index (χ1) is 10.1. The van der Waals surface area contributed by atoms with Crippen LogP contribution in [0.15, 0.2) is 24.3 Å². The van der Waals surface area contributed by atoms with Crippen LogP contribution in [0.5, 0.6) is 0 Å². The summed E-state index contributed by atoms with van der Waals surface area (Å²) in [5.41, 5.74) is 1.58. The molecule has 1 aromatic carbocycles. The van der Waals surface area contributed by atoms with Crippen molar-refractivity contribution < 1.29 is 4.79 Å². The standard InChI is InChI=1S/C14H18N6O/c1-9-7-15-8-13(9)14(21)16-11-4-3-5-12(6-11)20-10(2)17-18-19-20/h3-6,9,13,15H,7-8H2,1-2H3,(H,16,21)/t9-,13-/m1/s1. The molecule has 1 saturated heterocycles. The first-order valence-corrected chi connectivity index (χ1v) is 7.02. The SMILES string of the molecule is Cc1nnnn1-c1cccc(NC(=O)[C@@H]2CNC[C@H]2C)c1. The quantitative estimate of drug-likeness (QED) is 0.870. The molecule has 2 aromatic rings. The summed E-state index contributed by atoms with van der Waals surface area (Å²) in [6.07, 6.45) is 0. The third kappa shape index (κ3) is 2.78. The van der Waals surface area contributed by atoms with E-state index in [1.165, 1.54) is 0 Å². The number of tetrazole rings is 1. The van der Waals surface area contributed by atoms with Crippen LogP contribution in [0.2, 0.25) is 0 Å². The summed E-state index contributed by atoms with van der Waals surface area (Å²) in [6, 6.07) is 7.52. The Bertz CT molecular complexity index is 652. The molecule has 7 nitrogen and oxygen atoms in total. The van der Waals surface area contributed by atoms with Gasteiger partial charge in [-0.05, 0) is 48.0 Å². The van der Waals surface area contributed by atoms with Crippen molar-refractivity contribution in [3.8, 4) is 5.69 Å². The molecule has 2 N–H and O–H groups in total.